The summed E-state index contributed by atoms with van der Waals surface area (Å²) in [6.07, 6.45) is -3.13. The molecule has 0 bridgehead atoms. The highest BCUT2D eigenvalue weighted by Crippen LogP contribution is 2.19. The molecule has 1 amide bonds. The van der Waals surface area contributed by atoms with Gasteiger partial charge in [0.05, 0.1) is 6.54 Å². The SMILES string of the molecule is O=C(CCC1CCCCN1)NCC(O)C(F)(F)F. The maximum atomic E-state index is 12.0. The Kier molecular flexibility index (Phi) is 5.87. The van der Waals surface area contributed by atoms with Crippen molar-refractivity contribution in [3.05, 3.63) is 0 Å². The Morgan fingerprint density at radius 2 is 2.17 bits per heavy atom. The summed E-state index contributed by atoms with van der Waals surface area (Å²) >= 11 is 0. The number of hydrogen-bond donors (Lipinski definition) is 3. The van der Waals surface area contributed by atoms with E-state index >= 15 is 0 Å². The van der Waals surface area contributed by atoms with E-state index in [1.807, 2.05) is 0 Å². The van der Waals surface area contributed by atoms with Crippen LogP contribution in [0.25, 0.3) is 0 Å². The maximum absolute atomic E-state index is 12.0. The molecule has 1 fully saturated rings. The zero-order valence-electron chi connectivity index (χ0n) is 10.1. The van der Waals surface area contributed by atoms with Gasteiger partial charge in [-0.1, -0.05) is 6.42 Å². The number of amides is 1. The second kappa shape index (κ2) is 6.94. The molecular weight excluding hydrogens is 249 g/mol. The van der Waals surface area contributed by atoms with Crippen LogP contribution in [0.1, 0.15) is 32.1 Å². The highest BCUT2D eigenvalue weighted by molar-refractivity contribution is 5.75. The van der Waals surface area contributed by atoms with Crippen molar-refractivity contribution >= 4 is 5.91 Å². The zero-order chi connectivity index (χ0) is 13.6. The molecule has 1 heterocycles. The Balaban J connectivity index is 2.13. The topological polar surface area (TPSA) is 61.4 Å². The van der Waals surface area contributed by atoms with Crippen molar-refractivity contribution < 1.29 is 23.1 Å². The van der Waals surface area contributed by atoms with Crippen LogP contribution in [-0.2, 0) is 4.79 Å². The average Bonchev–Trinajstić information content (AvgIpc) is 2.33. The predicted octanol–water partition coefficient (Wildman–Crippen LogP) is 0.948. The van der Waals surface area contributed by atoms with Gasteiger partial charge in [-0.05, 0) is 25.8 Å². The van der Waals surface area contributed by atoms with Crippen LogP contribution in [-0.4, -0.2) is 42.4 Å². The number of hydrogen-bond acceptors (Lipinski definition) is 3. The second-order valence-corrected chi connectivity index (χ2v) is 4.55. The van der Waals surface area contributed by atoms with E-state index in [-0.39, 0.29) is 12.5 Å². The summed E-state index contributed by atoms with van der Waals surface area (Å²) in [5.41, 5.74) is 0. The fraction of sp³-hybridized carbons (Fsp3) is 0.909. The zero-order valence-corrected chi connectivity index (χ0v) is 10.1. The quantitative estimate of drug-likeness (QED) is 0.695. The molecule has 4 nitrogen and oxygen atoms in total. The van der Waals surface area contributed by atoms with Gasteiger partial charge in [-0.25, -0.2) is 0 Å². The first kappa shape index (κ1) is 15.2. The molecule has 0 spiro atoms. The predicted molar refractivity (Wildman–Crippen MR) is 59.9 cm³/mol. The van der Waals surface area contributed by atoms with Gasteiger partial charge in [-0.3, -0.25) is 4.79 Å². The van der Waals surface area contributed by atoms with E-state index in [0.29, 0.717) is 6.42 Å². The maximum Gasteiger partial charge on any atom is 0.416 e. The normalized spacial score (nSPS) is 22.6. The van der Waals surface area contributed by atoms with E-state index in [1.54, 1.807) is 0 Å². The van der Waals surface area contributed by atoms with Crippen molar-refractivity contribution in [3.63, 3.8) is 0 Å². The molecule has 0 saturated carbocycles. The first-order chi connectivity index (χ1) is 8.39. The molecule has 2 atom stereocenters. The van der Waals surface area contributed by atoms with Crippen LogP contribution < -0.4 is 10.6 Å². The summed E-state index contributed by atoms with van der Waals surface area (Å²) in [7, 11) is 0. The number of aliphatic hydroxyl groups excluding tert-OH is 1. The summed E-state index contributed by atoms with van der Waals surface area (Å²) in [5.74, 6) is -0.453. The van der Waals surface area contributed by atoms with Crippen LogP contribution in [0.2, 0.25) is 0 Å². The number of piperidine rings is 1. The second-order valence-electron chi connectivity index (χ2n) is 4.55. The molecule has 0 aromatic carbocycles. The third-order valence-corrected chi connectivity index (χ3v) is 3.00. The van der Waals surface area contributed by atoms with Gasteiger partial charge in [-0.15, -0.1) is 0 Å². The van der Waals surface area contributed by atoms with Gasteiger partial charge in [0.15, 0.2) is 6.10 Å². The summed E-state index contributed by atoms with van der Waals surface area (Å²) in [6.45, 7) is 0.152. The van der Waals surface area contributed by atoms with Crippen molar-refractivity contribution in [1.82, 2.24) is 10.6 Å². The van der Waals surface area contributed by atoms with Gasteiger partial charge < -0.3 is 15.7 Å². The minimum atomic E-state index is -4.68. The van der Waals surface area contributed by atoms with E-state index in [2.05, 4.69) is 10.6 Å². The van der Waals surface area contributed by atoms with Gasteiger partial charge in [0.2, 0.25) is 5.91 Å². The van der Waals surface area contributed by atoms with E-state index in [4.69, 9.17) is 5.11 Å². The standard InChI is InChI=1S/C11H19F3N2O2/c12-11(13,14)9(17)7-16-10(18)5-4-8-3-1-2-6-15-8/h8-9,15,17H,1-7H2,(H,16,18). The molecule has 1 saturated heterocycles. The van der Waals surface area contributed by atoms with E-state index in [0.717, 1.165) is 25.8 Å². The van der Waals surface area contributed by atoms with Crippen LogP contribution in [0.15, 0.2) is 0 Å². The van der Waals surface area contributed by atoms with Crippen LogP contribution in [0.3, 0.4) is 0 Å². The Morgan fingerprint density at radius 3 is 2.72 bits per heavy atom. The van der Waals surface area contributed by atoms with E-state index in [9.17, 15) is 18.0 Å². The van der Waals surface area contributed by atoms with Crippen molar-refractivity contribution in [2.24, 2.45) is 0 Å². The van der Waals surface area contributed by atoms with Crippen LogP contribution in [0.4, 0.5) is 13.2 Å². The van der Waals surface area contributed by atoms with Crippen molar-refractivity contribution in [2.75, 3.05) is 13.1 Å². The van der Waals surface area contributed by atoms with Gasteiger partial charge in [0, 0.05) is 12.5 Å². The van der Waals surface area contributed by atoms with Gasteiger partial charge in [0.25, 0.3) is 0 Å². The Hall–Kier alpha value is -0.820. The number of carbonyl (C=O) groups is 1. The lowest BCUT2D eigenvalue weighted by atomic mass is 10.0. The fourth-order valence-corrected chi connectivity index (χ4v) is 1.89. The highest BCUT2D eigenvalue weighted by Gasteiger charge is 2.38. The fourth-order valence-electron chi connectivity index (χ4n) is 1.89. The molecule has 1 aliphatic rings. The number of aliphatic hydroxyl groups is 1. The van der Waals surface area contributed by atoms with Gasteiger partial charge in [-0.2, -0.15) is 13.2 Å². The Bertz CT molecular complexity index is 266. The lowest BCUT2D eigenvalue weighted by Gasteiger charge is -2.23. The van der Waals surface area contributed by atoms with E-state index in [1.165, 1.54) is 0 Å². The summed E-state index contributed by atoms with van der Waals surface area (Å²) < 4.78 is 35.9. The molecule has 0 radical (unpaired) electrons. The minimum Gasteiger partial charge on any atom is -0.382 e. The third-order valence-electron chi connectivity index (χ3n) is 3.00. The van der Waals surface area contributed by atoms with Crippen LogP contribution >= 0.6 is 0 Å². The van der Waals surface area contributed by atoms with Crippen molar-refractivity contribution in [3.8, 4) is 0 Å². The molecular formula is C11H19F3N2O2. The molecule has 1 aliphatic heterocycles. The van der Waals surface area contributed by atoms with Crippen LogP contribution in [0.5, 0.6) is 0 Å². The average molecular weight is 268 g/mol. The Morgan fingerprint density at radius 1 is 1.44 bits per heavy atom. The lowest BCUT2D eigenvalue weighted by Crippen LogP contribution is -2.41. The number of carbonyl (C=O) groups excluding carboxylic acids is 1. The van der Waals surface area contributed by atoms with E-state index < -0.39 is 24.7 Å². The third kappa shape index (κ3) is 5.68. The number of rotatable bonds is 5. The number of alkyl halides is 3. The molecule has 106 valence electrons. The molecule has 2 unspecified atom stereocenters. The van der Waals surface area contributed by atoms with Gasteiger partial charge >= 0.3 is 6.18 Å². The molecule has 0 aliphatic carbocycles. The highest BCUT2D eigenvalue weighted by atomic mass is 19.4. The van der Waals surface area contributed by atoms with Crippen LogP contribution in [0, 0.1) is 0 Å². The summed E-state index contributed by atoms with van der Waals surface area (Å²) in [4.78, 5) is 11.3. The van der Waals surface area contributed by atoms with Crippen molar-refractivity contribution in [2.45, 2.75) is 50.4 Å². The summed E-state index contributed by atoms with van der Waals surface area (Å²) in [6, 6.07) is 0.275. The lowest BCUT2D eigenvalue weighted by molar-refractivity contribution is -0.201. The molecule has 3 N–H and O–H groups in total. The molecule has 0 aromatic rings. The summed E-state index contributed by atoms with van der Waals surface area (Å²) in [5, 5.41) is 14.0. The minimum absolute atomic E-state index is 0.183. The number of nitrogens with one attached hydrogen (secondary N) is 2. The largest absolute Gasteiger partial charge is 0.416 e. The first-order valence-electron chi connectivity index (χ1n) is 6.14. The van der Waals surface area contributed by atoms with Crippen molar-refractivity contribution in [1.29, 1.82) is 0 Å². The smallest absolute Gasteiger partial charge is 0.382 e. The monoisotopic (exact) mass is 268 g/mol. The molecule has 18 heavy (non-hydrogen) atoms. The Labute approximate surface area is 104 Å². The molecule has 0 aromatic heterocycles. The van der Waals surface area contributed by atoms with Gasteiger partial charge in [0.1, 0.15) is 0 Å². The first-order valence-corrected chi connectivity index (χ1v) is 6.14. The molecule has 1 rings (SSSR count). The molecule has 7 heteroatoms. The number of halogens is 3.